The van der Waals surface area contributed by atoms with Crippen molar-refractivity contribution in [3.05, 3.63) is 46.5 Å². The zero-order chi connectivity index (χ0) is 18.3. The fourth-order valence-electron chi connectivity index (χ4n) is 2.58. The van der Waals surface area contributed by atoms with Crippen LogP contribution >= 0.6 is 11.6 Å². The molecule has 2 nitrogen and oxygen atoms in total. The van der Waals surface area contributed by atoms with E-state index in [1.165, 1.54) is 0 Å². The Morgan fingerprint density at radius 1 is 1.33 bits per heavy atom. The maximum absolute atomic E-state index is 13.5. The molecule has 1 aromatic rings. The molecule has 0 heterocycles. The van der Waals surface area contributed by atoms with Gasteiger partial charge in [-0.05, 0) is 29.5 Å². The van der Waals surface area contributed by atoms with Crippen molar-refractivity contribution in [3.8, 4) is 0 Å². The van der Waals surface area contributed by atoms with Gasteiger partial charge in [-0.25, -0.2) is 8.78 Å². The fourth-order valence-corrected chi connectivity index (χ4v) is 2.72. The molecule has 1 aromatic carbocycles. The van der Waals surface area contributed by atoms with Gasteiger partial charge in [0.05, 0.1) is 5.92 Å². The molecular weight excluding hydrogens is 355 g/mol. The van der Waals surface area contributed by atoms with E-state index in [1.54, 1.807) is 13.8 Å². The lowest BCUT2D eigenvalue weighted by Gasteiger charge is -2.07. The summed E-state index contributed by atoms with van der Waals surface area (Å²) in [6.07, 6.45) is -3.89. The van der Waals surface area contributed by atoms with Crippen LogP contribution in [-0.2, 0) is 16.1 Å². The van der Waals surface area contributed by atoms with Crippen LogP contribution in [0.25, 0.3) is 0 Å². The van der Waals surface area contributed by atoms with Crippen molar-refractivity contribution >= 4 is 17.6 Å². The molecule has 0 amide bonds. The van der Waals surface area contributed by atoms with Crippen molar-refractivity contribution in [1.29, 1.82) is 0 Å². The van der Waals surface area contributed by atoms with E-state index in [9.17, 15) is 26.7 Å². The van der Waals surface area contributed by atoms with Crippen LogP contribution in [0.4, 0.5) is 22.0 Å². The van der Waals surface area contributed by atoms with Gasteiger partial charge >= 0.3 is 12.1 Å². The lowest BCUT2D eigenvalue weighted by Crippen LogP contribution is -2.11. The first-order chi connectivity index (χ1) is 10.9. The molecule has 132 valence electrons. The van der Waals surface area contributed by atoms with Crippen LogP contribution in [0.1, 0.15) is 19.4 Å². The molecule has 24 heavy (non-hydrogen) atoms. The lowest BCUT2D eigenvalue weighted by molar-refractivity contribution is -0.147. The Balaban J connectivity index is 2.04. The van der Waals surface area contributed by atoms with Crippen molar-refractivity contribution in [1.82, 2.24) is 0 Å². The van der Waals surface area contributed by atoms with Crippen molar-refractivity contribution in [3.63, 3.8) is 0 Å². The van der Waals surface area contributed by atoms with Gasteiger partial charge < -0.3 is 4.74 Å². The molecule has 0 radical (unpaired) electrons. The predicted molar refractivity (Wildman–Crippen MR) is 76.9 cm³/mol. The highest BCUT2D eigenvalue weighted by Crippen LogP contribution is 2.60. The molecule has 0 saturated heterocycles. The minimum Gasteiger partial charge on any atom is -0.460 e. The summed E-state index contributed by atoms with van der Waals surface area (Å²) in [6, 6.07) is 2.71. The van der Waals surface area contributed by atoms with Crippen molar-refractivity contribution in [2.24, 2.45) is 17.3 Å². The Bertz CT molecular complexity index is 682. The predicted octanol–water partition coefficient (Wildman–Crippen LogP) is 4.97. The number of carbonyl (C=O) groups is 1. The largest absolute Gasteiger partial charge is 0.460 e. The van der Waals surface area contributed by atoms with Gasteiger partial charge in [0.25, 0.3) is 0 Å². The minimum absolute atomic E-state index is 0.151. The van der Waals surface area contributed by atoms with Crippen LogP contribution in [0.5, 0.6) is 0 Å². The number of esters is 1. The minimum atomic E-state index is -4.68. The summed E-state index contributed by atoms with van der Waals surface area (Å²) in [6.45, 7) is 2.70. The van der Waals surface area contributed by atoms with Crippen LogP contribution < -0.4 is 0 Å². The molecule has 1 aliphatic rings. The molecule has 1 fully saturated rings. The van der Waals surface area contributed by atoms with Gasteiger partial charge in [0.2, 0.25) is 0 Å². The molecule has 2 rings (SSSR count). The second kappa shape index (κ2) is 6.35. The van der Waals surface area contributed by atoms with Crippen LogP contribution in [0.3, 0.4) is 0 Å². The van der Waals surface area contributed by atoms with Gasteiger partial charge in [-0.2, -0.15) is 13.2 Å². The summed E-state index contributed by atoms with van der Waals surface area (Å²) in [5.41, 5.74) is -0.912. The molecule has 0 N–H and O–H groups in total. The zero-order valence-electron chi connectivity index (χ0n) is 12.8. The molecule has 0 spiro atoms. The molecule has 1 aliphatic carbocycles. The summed E-state index contributed by atoms with van der Waals surface area (Å²) >= 11 is 5.19. The van der Waals surface area contributed by atoms with Crippen LogP contribution in [0.2, 0.25) is 0 Å². The van der Waals surface area contributed by atoms with Crippen molar-refractivity contribution in [2.45, 2.75) is 26.6 Å². The first-order valence-electron chi connectivity index (χ1n) is 6.99. The molecule has 8 heteroatoms. The highest BCUT2D eigenvalue weighted by Gasteiger charge is 2.62. The van der Waals surface area contributed by atoms with E-state index in [-0.39, 0.29) is 5.56 Å². The Labute approximate surface area is 140 Å². The Morgan fingerprint density at radius 2 is 1.96 bits per heavy atom. The number of carbonyl (C=O) groups excluding carboxylic acids is 1. The smallest absolute Gasteiger partial charge is 0.426 e. The number of hydrogen-bond donors (Lipinski definition) is 0. The third-order valence-corrected chi connectivity index (χ3v) is 4.48. The molecule has 0 aromatic heterocycles. The van der Waals surface area contributed by atoms with Gasteiger partial charge in [-0.1, -0.05) is 31.5 Å². The number of rotatable bonds is 4. The fraction of sp³-hybridized carbons (Fsp3) is 0.438. The number of allylic oxidation sites excluding steroid dienone is 2. The van der Waals surface area contributed by atoms with Crippen LogP contribution in [-0.4, -0.2) is 12.1 Å². The van der Waals surface area contributed by atoms with Crippen LogP contribution in [0, 0.1) is 28.9 Å². The first kappa shape index (κ1) is 18.7. The normalized spacial score (nSPS) is 23.1. The van der Waals surface area contributed by atoms with Crippen molar-refractivity contribution < 1.29 is 31.5 Å². The molecule has 0 bridgehead atoms. The van der Waals surface area contributed by atoms with E-state index in [0.717, 1.165) is 24.3 Å². The molecular formula is C16H14ClF5O2. The lowest BCUT2D eigenvalue weighted by atomic mass is 10.1. The van der Waals surface area contributed by atoms with Gasteiger partial charge in [0.15, 0.2) is 0 Å². The standard InChI is InChI=1S/C16H14ClF5O2/c1-15(2)10(6-12(17)16(20,21)22)13(15)14(23)24-7-8-5-9(18)3-4-11(8)19/h3-6,10,13H,7H2,1-2H3/t10-,13-/m1/s1. The van der Waals surface area contributed by atoms with Gasteiger partial charge in [-0.3, -0.25) is 4.79 Å². The average molecular weight is 369 g/mol. The quantitative estimate of drug-likeness (QED) is 0.554. The Kier molecular flexibility index (Phi) is 4.95. The van der Waals surface area contributed by atoms with Gasteiger partial charge in [0.1, 0.15) is 23.3 Å². The molecule has 2 atom stereocenters. The molecule has 0 unspecified atom stereocenters. The third-order valence-electron chi connectivity index (χ3n) is 4.14. The van der Waals surface area contributed by atoms with E-state index in [2.05, 4.69) is 0 Å². The highest BCUT2D eigenvalue weighted by atomic mass is 35.5. The number of hydrogen-bond acceptors (Lipinski definition) is 2. The topological polar surface area (TPSA) is 26.3 Å². The number of halogens is 6. The molecule has 0 aliphatic heterocycles. The summed E-state index contributed by atoms with van der Waals surface area (Å²) in [4.78, 5) is 12.0. The third kappa shape index (κ3) is 3.88. The second-order valence-electron chi connectivity index (χ2n) is 6.18. The maximum atomic E-state index is 13.5. The first-order valence-corrected chi connectivity index (χ1v) is 7.37. The molecule has 1 saturated carbocycles. The van der Waals surface area contributed by atoms with E-state index >= 15 is 0 Å². The van der Waals surface area contributed by atoms with Crippen LogP contribution in [0.15, 0.2) is 29.3 Å². The Morgan fingerprint density at radius 3 is 2.54 bits per heavy atom. The van der Waals surface area contributed by atoms with E-state index < -0.39 is 52.7 Å². The van der Waals surface area contributed by atoms with Gasteiger partial charge in [-0.15, -0.1) is 0 Å². The van der Waals surface area contributed by atoms with E-state index in [0.29, 0.717) is 0 Å². The van der Waals surface area contributed by atoms with Crippen molar-refractivity contribution in [2.75, 3.05) is 0 Å². The van der Waals surface area contributed by atoms with E-state index in [4.69, 9.17) is 16.3 Å². The Hall–Kier alpha value is -1.63. The SMILES string of the molecule is CC1(C)[C@H](C=C(Cl)C(F)(F)F)[C@@H]1C(=O)OCc1cc(F)ccc1F. The maximum Gasteiger partial charge on any atom is 0.426 e. The number of benzene rings is 1. The zero-order valence-corrected chi connectivity index (χ0v) is 13.5. The summed E-state index contributed by atoms with van der Waals surface area (Å²) in [5.74, 6) is -3.78. The van der Waals surface area contributed by atoms with E-state index in [1.807, 2.05) is 0 Å². The second-order valence-corrected chi connectivity index (χ2v) is 6.59. The summed E-state index contributed by atoms with van der Waals surface area (Å²) in [5, 5.41) is -1.30. The number of alkyl halides is 3. The summed E-state index contributed by atoms with van der Waals surface area (Å²) in [7, 11) is 0. The average Bonchev–Trinajstić information content (AvgIpc) is 2.99. The monoisotopic (exact) mass is 368 g/mol. The number of ether oxygens (including phenoxy) is 1. The van der Waals surface area contributed by atoms with Gasteiger partial charge in [0, 0.05) is 5.56 Å². The summed E-state index contributed by atoms with van der Waals surface area (Å²) < 4.78 is 68.9. The highest BCUT2D eigenvalue weighted by molar-refractivity contribution is 6.30.